The van der Waals surface area contributed by atoms with Crippen LogP contribution in [0.25, 0.3) is 22.3 Å². The molecule has 1 amide bonds. The molecular weight excluding hydrogens is 585 g/mol. The highest BCUT2D eigenvalue weighted by Crippen LogP contribution is 2.41. The zero-order valence-corrected chi connectivity index (χ0v) is 24.9. The summed E-state index contributed by atoms with van der Waals surface area (Å²) in [6, 6.07) is 10.4. The Kier molecular flexibility index (Phi) is 10.7. The molecule has 42 heavy (non-hydrogen) atoms. The van der Waals surface area contributed by atoms with Crippen LogP contribution in [0.4, 0.5) is 0 Å². The van der Waals surface area contributed by atoms with E-state index in [0.29, 0.717) is 37.3 Å². The minimum Gasteiger partial charge on any atom is -0.457 e. The number of nitrogens with zero attached hydrogens (tertiary/aromatic N) is 2. The van der Waals surface area contributed by atoms with Gasteiger partial charge in [-0.25, -0.2) is 14.6 Å². The first kappa shape index (κ1) is 33.0. The summed E-state index contributed by atoms with van der Waals surface area (Å²) in [5.41, 5.74) is 12.3. The zero-order valence-electron chi connectivity index (χ0n) is 23.2. The van der Waals surface area contributed by atoms with E-state index < -0.39 is 29.5 Å². The number of ether oxygens (including phenoxy) is 2. The molecule has 3 aromatic rings. The first-order valence-corrected chi connectivity index (χ1v) is 13.6. The summed E-state index contributed by atoms with van der Waals surface area (Å²) in [5, 5.41) is 3.63. The van der Waals surface area contributed by atoms with Crippen LogP contribution >= 0.6 is 24.8 Å². The topological polar surface area (TPSA) is 169 Å². The monoisotopic (exact) mass is 619 g/mol. The van der Waals surface area contributed by atoms with Gasteiger partial charge in [0, 0.05) is 29.5 Å². The molecule has 5 rings (SSSR count). The largest absolute Gasteiger partial charge is 0.457 e. The van der Waals surface area contributed by atoms with Gasteiger partial charge in [0.05, 0.1) is 29.0 Å². The lowest BCUT2D eigenvalue weighted by Crippen LogP contribution is -2.51. The van der Waals surface area contributed by atoms with Crippen LogP contribution in [0.5, 0.6) is 0 Å². The predicted octanol–water partition coefficient (Wildman–Crippen LogP) is 2.44. The lowest BCUT2D eigenvalue weighted by molar-refractivity contribution is -0.191. The van der Waals surface area contributed by atoms with Crippen LogP contribution in [-0.2, 0) is 42.6 Å². The number of pyridine rings is 2. The Hall–Kier alpha value is -3.51. The van der Waals surface area contributed by atoms with Crippen molar-refractivity contribution in [1.29, 1.82) is 0 Å². The van der Waals surface area contributed by atoms with E-state index in [9.17, 15) is 19.2 Å². The maximum atomic E-state index is 13.7. The third-order valence-electron chi connectivity index (χ3n) is 7.60. The standard InChI is InChI=1S/C29H33N5O6.2ClH/c1-2-29(40-27(37)22(9-5-6-11-30)32-24(35)10-12-31)20-14-23-25-18(13-17-7-3-4-8-21(17)33-25)15-34(23)26(36)19(20)16-39-28(29)38;;/h3-4,7-8,13-14,22H,2,5-6,9-12,15-16,30-31H2,1H3,(H,32,35);2*1H/t22-,29-;;/m0../s1. The molecule has 0 saturated heterocycles. The van der Waals surface area contributed by atoms with E-state index in [1.807, 2.05) is 30.3 Å². The number of hydrogen-bond acceptors (Lipinski definition) is 9. The number of benzene rings is 1. The smallest absolute Gasteiger partial charge is 0.355 e. The Morgan fingerprint density at radius 1 is 1.14 bits per heavy atom. The normalized spacial score (nSPS) is 17.1. The van der Waals surface area contributed by atoms with Crippen LogP contribution in [-0.4, -0.2) is 46.5 Å². The third kappa shape index (κ3) is 5.87. The number of rotatable bonds is 10. The number of fused-ring (bicyclic) bond motifs is 5. The molecule has 2 aromatic heterocycles. The third-order valence-corrected chi connectivity index (χ3v) is 7.60. The second-order valence-corrected chi connectivity index (χ2v) is 10.1. The van der Waals surface area contributed by atoms with Gasteiger partial charge >= 0.3 is 11.9 Å². The van der Waals surface area contributed by atoms with Crippen molar-refractivity contribution in [1.82, 2.24) is 14.9 Å². The number of cyclic esters (lactones) is 1. The van der Waals surface area contributed by atoms with E-state index in [0.717, 1.165) is 16.5 Å². The summed E-state index contributed by atoms with van der Waals surface area (Å²) in [6.07, 6.45) is 1.53. The number of amides is 1. The maximum Gasteiger partial charge on any atom is 0.355 e. The van der Waals surface area contributed by atoms with Gasteiger partial charge in [-0.3, -0.25) is 9.59 Å². The number of carbonyl (C=O) groups excluding carboxylic acids is 3. The molecule has 1 aromatic carbocycles. The second kappa shape index (κ2) is 13.6. The summed E-state index contributed by atoms with van der Waals surface area (Å²) >= 11 is 0. The fraction of sp³-hybridized carbons (Fsp3) is 0.414. The molecule has 0 aliphatic carbocycles. The molecule has 0 spiro atoms. The molecule has 2 aliphatic rings. The molecule has 0 unspecified atom stereocenters. The van der Waals surface area contributed by atoms with E-state index >= 15 is 0 Å². The number of unbranched alkanes of at least 4 members (excludes halogenated alkanes) is 1. The van der Waals surface area contributed by atoms with Gasteiger partial charge in [-0.15, -0.1) is 24.8 Å². The molecule has 13 heteroatoms. The van der Waals surface area contributed by atoms with Gasteiger partial charge in [-0.2, -0.15) is 0 Å². The van der Waals surface area contributed by atoms with E-state index in [4.69, 9.17) is 25.9 Å². The highest BCUT2D eigenvalue weighted by molar-refractivity contribution is 5.90. The molecular formula is C29H35Cl2N5O6. The van der Waals surface area contributed by atoms with Gasteiger partial charge in [0.25, 0.3) is 5.56 Å². The van der Waals surface area contributed by atoms with E-state index in [1.54, 1.807) is 17.6 Å². The number of esters is 2. The van der Waals surface area contributed by atoms with Crippen LogP contribution in [0.15, 0.2) is 41.2 Å². The van der Waals surface area contributed by atoms with Crippen molar-refractivity contribution in [3.8, 4) is 11.4 Å². The van der Waals surface area contributed by atoms with Crippen molar-refractivity contribution in [3.63, 3.8) is 0 Å². The Labute approximate surface area is 255 Å². The highest BCUT2D eigenvalue weighted by Gasteiger charge is 2.51. The first-order chi connectivity index (χ1) is 19.3. The fourth-order valence-electron chi connectivity index (χ4n) is 5.46. The van der Waals surface area contributed by atoms with Crippen molar-refractivity contribution in [2.24, 2.45) is 11.5 Å². The van der Waals surface area contributed by atoms with Gasteiger partial charge in [0.2, 0.25) is 11.5 Å². The van der Waals surface area contributed by atoms with E-state index in [-0.39, 0.29) is 73.9 Å². The van der Waals surface area contributed by atoms with Gasteiger partial charge in [0.1, 0.15) is 12.6 Å². The Balaban J connectivity index is 0.00000242. The zero-order chi connectivity index (χ0) is 28.4. The van der Waals surface area contributed by atoms with Gasteiger partial charge in [-0.1, -0.05) is 25.1 Å². The average Bonchev–Trinajstić information content (AvgIpc) is 3.30. The summed E-state index contributed by atoms with van der Waals surface area (Å²) < 4.78 is 13.0. The molecule has 5 N–H and O–H groups in total. The molecule has 0 fully saturated rings. The number of nitrogens with two attached hydrogens (primary N) is 2. The Bertz CT molecular complexity index is 1560. The molecule has 2 atom stereocenters. The predicted molar refractivity (Wildman–Crippen MR) is 161 cm³/mol. The van der Waals surface area contributed by atoms with Crippen LogP contribution < -0.4 is 22.3 Å². The lowest BCUT2D eigenvalue weighted by Gasteiger charge is -2.36. The van der Waals surface area contributed by atoms with Gasteiger partial charge in [-0.05, 0) is 50.4 Å². The summed E-state index contributed by atoms with van der Waals surface area (Å²) in [6.45, 7) is 2.33. The molecule has 4 heterocycles. The van der Waals surface area contributed by atoms with Crippen molar-refractivity contribution in [2.45, 2.75) is 63.8 Å². The van der Waals surface area contributed by atoms with Crippen molar-refractivity contribution in [2.75, 3.05) is 13.1 Å². The first-order valence-electron chi connectivity index (χ1n) is 13.6. The minimum atomic E-state index is -1.86. The SMILES string of the molecule is CC[C@@]1(OC(=O)[C@H](CCCCN)NC(=O)CCN)C(=O)OCc2c1cc1n(c2=O)Cc2cc3ccccc3nc2-1.Cl.Cl. The number of para-hydroxylation sites is 1. The summed E-state index contributed by atoms with van der Waals surface area (Å²) in [7, 11) is 0. The number of aromatic nitrogens is 2. The average molecular weight is 621 g/mol. The highest BCUT2D eigenvalue weighted by atomic mass is 35.5. The second-order valence-electron chi connectivity index (χ2n) is 10.1. The van der Waals surface area contributed by atoms with Crippen LogP contribution in [0, 0.1) is 0 Å². The lowest BCUT2D eigenvalue weighted by atomic mass is 9.85. The molecule has 2 aliphatic heterocycles. The summed E-state index contributed by atoms with van der Waals surface area (Å²) in [4.78, 5) is 57.7. The quantitative estimate of drug-likeness (QED) is 0.178. The number of nitrogens with one attached hydrogen (secondary N) is 1. The number of halogens is 2. The van der Waals surface area contributed by atoms with E-state index in [1.165, 1.54) is 0 Å². The van der Waals surface area contributed by atoms with Gasteiger partial charge in [0.15, 0.2) is 0 Å². The molecule has 0 radical (unpaired) electrons. The molecule has 226 valence electrons. The fourth-order valence-corrected chi connectivity index (χ4v) is 5.46. The van der Waals surface area contributed by atoms with Crippen molar-refractivity contribution < 1.29 is 23.9 Å². The van der Waals surface area contributed by atoms with Crippen molar-refractivity contribution >= 4 is 53.6 Å². The van der Waals surface area contributed by atoms with Gasteiger partial charge < -0.3 is 30.8 Å². The van der Waals surface area contributed by atoms with E-state index in [2.05, 4.69) is 5.32 Å². The molecule has 0 bridgehead atoms. The van der Waals surface area contributed by atoms with Crippen LogP contribution in [0.2, 0.25) is 0 Å². The minimum absolute atomic E-state index is 0. The number of hydrogen-bond donors (Lipinski definition) is 3. The Morgan fingerprint density at radius 3 is 2.62 bits per heavy atom. The molecule has 0 saturated carbocycles. The number of carbonyl (C=O) groups is 3. The van der Waals surface area contributed by atoms with Crippen molar-refractivity contribution in [3.05, 3.63) is 63.4 Å². The molecule has 11 nitrogen and oxygen atoms in total. The van der Waals surface area contributed by atoms with Crippen LogP contribution in [0.1, 0.15) is 55.7 Å². The van der Waals surface area contributed by atoms with Crippen LogP contribution in [0.3, 0.4) is 0 Å². The Morgan fingerprint density at radius 2 is 1.90 bits per heavy atom. The summed E-state index contributed by atoms with van der Waals surface area (Å²) in [5.74, 6) is -1.96. The maximum absolute atomic E-state index is 13.7.